The lowest BCUT2D eigenvalue weighted by atomic mass is 10.1. The van der Waals surface area contributed by atoms with Crippen molar-refractivity contribution in [3.8, 4) is 0 Å². The molecule has 1 aliphatic rings. The summed E-state index contributed by atoms with van der Waals surface area (Å²) in [6.07, 6.45) is 4.63. The van der Waals surface area contributed by atoms with Crippen LogP contribution in [0.2, 0.25) is 5.28 Å². The van der Waals surface area contributed by atoms with E-state index in [-0.39, 0.29) is 11.3 Å². The third-order valence-corrected chi connectivity index (χ3v) is 6.33. The van der Waals surface area contributed by atoms with Gasteiger partial charge in [0, 0.05) is 33.1 Å². The summed E-state index contributed by atoms with van der Waals surface area (Å²) in [5, 5.41) is 1.45. The number of aromatic nitrogens is 2. The predicted octanol–water partition coefficient (Wildman–Crippen LogP) is 4.13. The van der Waals surface area contributed by atoms with E-state index >= 15 is 0 Å². The Morgan fingerprint density at radius 3 is 2.79 bits per heavy atom. The highest BCUT2D eigenvalue weighted by atomic mass is 35.5. The first kappa shape index (κ1) is 22.1. The fourth-order valence-corrected chi connectivity index (χ4v) is 4.64. The molecule has 0 aromatic carbocycles. The highest BCUT2D eigenvalue weighted by Gasteiger charge is 2.20. The fourth-order valence-electron chi connectivity index (χ4n) is 3.37. The van der Waals surface area contributed by atoms with E-state index in [0.717, 1.165) is 66.4 Å². The summed E-state index contributed by atoms with van der Waals surface area (Å²) >= 11 is 7.89. The Morgan fingerprint density at radius 2 is 2.03 bits per heavy atom. The van der Waals surface area contributed by atoms with Gasteiger partial charge in [0.15, 0.2) is 5.82 Å². The van der Waals surface area contributed by atoms with E-state index in [1.807, 2.05) is 6.92 Å². The van der Waals surface area contributed by atoms with E-state index < -0.39 is 0 Å². The van der Waals surface area contributed by atoms with Crippen molar-refractivity contribution in [3.05, 3.63) is 11.3 Å². The van der Waals surface area contributed by atoms with Crippen LogP contribution < -0.4 is 9.80 Å². The number of morpholine rings is 1. The molecule has 0 saturated carbocycles. The Balaban J connectivity index is 1.55. The van der Waals surface area contributed by atoms with Gasteiger partial charge in [0.2, 0.25) is 5.28 Å². The van der Waals surface area contributed by atoms with Gasteiger partial charge in [-0.05, 0) is 37.4 Å². The number of esters is 1. The van der Waals surface area contributed by atoms with E-state index in [0.29, 0.717) is 26.2 Å². The number of hydrogen-bond donors (Lipinski definition) is 0. The zero-order chi connectivity index (χ0) is 20.6. The van der Waals surface area contributed by atoms with Crippen LogP contribution in [0.25, 0.3) is 10.2 Å². The summed E-state index contributed by atoms with van der Waals surface area (Å²) in [5.74, 6) is 0.817. The lowest BCUT2D eigenvalue weighted by molar-refractivity contribution is -0.143. The number of fused-ring (bicyclic) bond motifs is 1. The van der Waals surface area contributed by atoms with Gasteiger partial charge in [-0.3, -0.25) is 4.79 Å². The lowest BCUT2D eigenvalue weighted by Gasteiger charge is -2.28. The number of unbranched alkanes of at least 4 members (excludes halogenated alkanes) is 3. The molecule has 0 spiro atoms. The number of nitrogens with zero attached hydrogens (tertiary/aromatic N) is 4. The molecule has 1 fully saturated rings. The first-order chi connectivity index (χ1) is 14.1. The van der Waals surface area contributed by atoms with Crippen molar-refractivity contribution in [2.75, 3.05) is 56.3 Å². The fraction of sp³-hybridized carbons (Fsp3) is 0.650. The second kappa shape index (κ2) is 10.9. The summed E-state index contributed by atoms with van der Waals surface area (Å²) in [6.45, 7) is 6.30. The molecule has 1 saturated heterocycles. The van der Waals surface area contributed by atoms with Gasteiger partial charge in [-0.2, -0.15) is 4.98 Å². The van der Waals surface area contributed by atoms with E-state index in [1.54, 1.807) is 11.3 Å². The minimum atomic E-state index is -0.0919. The van der Waals surface area contributed by atoms with Gasteiger partial charge in [0.25, 0.3) is 0 Å². The van der Waals surface area contributed by atoms with Gasteiger partial charge in [0.05, 0.1) is 35.0 Å². The third-order valence-electron chi connectivity index (χ3n) is 4.93. The van der Waals surface area contributed by atoms with Crippen LogP contribution in [0.1, 0.15) is 39.0 Å². The van der Waals surface area contributed by atoms with E-state index in [9.17, 15) is 4.79 Å². The molecule has 0 unspecified atom stereocenters. The quantitative estimate of drug-likeness (QED) is 0.312. The van der Waals surface area contributed by atoms with Crippen molar-refractivity contribution in [2.45, 2.75) is 39.0 Å². The maximum absolute atomic E-state index is 11.4. The van der Waals surface area contributed by atoms with Crippen LogP contribution in [0.5, 0.6) is 0 Å². The minimum absolute atomic E-state index is 0.0919. The Hall–Kier alpha value is -1.64. The van der Waals surface area contributed by atoms with E-state index in [4.69, 9.17) is 21.1 Å². The maximum atomic E-state index is 11.4. The second-order valence-corrected chi connectivity index (χ2v) is 8.47. The lowest BCUT2D eigenvalue weighted by Crippen LogP contribution is -2.36. The number of thiophene rings is 1. The molecule has 0 bridgehead atoms. The molecule has 3 rings (SSSR count). The highest BCUT2D eigenvalue weighted by molar-refractivity contribution is 7.23. The average Bonchev–Trinajstić information content (AvgIpc) is 3.14. The molecule has 2 aromatic rings. The number of hydrogen-bond acceptors (Lipinski definition) is 8. The SMILES string of the molecule is CCOC(=O)CCCCCCN(C)c1cc2nc(Cl)nc(N3CCOCC3)c2s1. The molecule has 7 nitrogen and oxygen atoms in total. The Morgan fingerprint density at radius 1 is 1.28 bits per heavy atom. The zero-order valence-electron chi connectivity index (χ0n) is 17.2. The van der Waals surface area contributed by atoms with E-state index in [1.165, 1.54) is 0 Å². The van der Waals surface area contributed by atoms with E-state index in [2.05, 4.69) is 32.9 Å². The molecule has 0 atom stereocenters. The number of carbonyl (C=O) groups is 1. The molecule has 9 heteroatoms. The molecule has 29 heavy (non-hydrogen) atoms. The summed E-state index contributed by atoms with van der Waals surface area (Å²) < 4.78 is 11.5. The normalized spacial score (nSPS) is 14.4. The number of halogens is 1. The monoisotopic (exact) mass is 440 g/mol. The summed E-state index contributed by atoms with van der Waals surface area (Å²) in [7, 11) is 2.10. The Bertz CT molecular complexity index is 810. The molecular formula is C20H29ClN4O3S. The first-order valence-corrected chi connectivity index (χ1v) is 11.4. The third kappa shape index (κ3) is 6.17. The Labute approximate surface area is 181 Å². The number of carbonyl (C=O) groups excluding carboxylic acids is 1. The standard InChI is InChI=1S/C20H29ClN4O3S/c1-3-28-17(26)8-6-4-5-7-9-24(2)16-14-15-18(29-16)19(23-20(21)22-15)25-10-12-27-13-11-25/h14H,3-13H2,1-2H3. The zero-order valence-corrected chi connectivity index (χ0v) is 18.7. The van der Waals surface area contributed by atoms with Crippen LogP contribution >= 0.6 is 22.9 Å². The summed E-state index contributed by atoms with van der Waals surface area (Å²) in [6, 6.07) is 2.10. The van der Waals surface area contributed by atoms with Crippen LogP contribution in [0.4, 0.5) is 10.8 Å². The summed E-state index contributed by atoms with van der Waals surface area (Å²) in [4.78, 5) is 24.8. The molecule has 0 amide bonds. The Kier molecular flexibility index (Phi) is 8.32. The molecule has 2 aromatic heterocycles. The maximum Gasteiger partial charge on any atom is 0.305 e. The van der Waals surface area contributed by atoms with Gasteiger partial charge in [-0.25, -0.2) is 4.98 Å². The molecule has 0 aliphatic carbocycles. The average molecular weight is 441 g/mol. The second-order valence-electron chi connectivity index (χ2n) is 7.11. The molecule has 3 heterocycles. The van der Waals surface area contributed by atoms with Crippen molar-refractivity contribution < 1.29 is 14.3 Å². The predicted molar refractivity (Wildman–Crippen MR) is 118 cm³/mol. The van der Waals surface area contributed by atoms with Gasteiger partial charge >= 0.3 is 5.97 Å². The van der Waals surface area contributed by atoms with Crippen LogP contribution in [0, 0.1) is 0 Å². The molecular weight excluding hydrogens is 412 g/mol. The van der Waals surface area contributed by atoms with Crippen molar-refractivity contribution in [1.82, 2.24) is 9.97 Å². The first-order valence-electron chi connectivity index (χ1n) is 10.2. The van der Waals surface area contributed by atoms with Crippen LogP contribution in [-0.4, -0.2) is 62.4 Å². The van der Waals surface area contributed by atoms with Crippen molar-refractivity contribution in [2.24, 2.45) is 0 Å². The molecule has 1 aliphatic heterocycles. The topological polar surface area (TPSA) is 67.8 Å². The smallest absolute Gasteiger partial charge is 0.305 e. The minimum Gasteiger partial charge on any atom is -0.466 e. The van der Waals surface area contributed by atoms with Crippen LogP contribution in [0.15, 0.2) is 6.07 Å². The van der Waals surface area contributed by atoms with Crippen LogP contribution in [-0.2, 0) is 14.3 Å². The number of rotatable bonds is 10. The molecule has 0 N–H and O–H groups in total. The largest absolute Gasteiger partial charge is 0.466 e. The van der Waals surface area contributed by atoms with Gasteiger partial charge in [-0.1, -0.05) is 12.8 Å². The van der Waals surface area contributed by atoms with Crippen molar-refractivity contribution in [3.63, 3.8) is 0 Å². The highest BCUT2D eigenvalue weighted by Crippen LogP contribution is 2.37. The molecule has 0 radical (unpaired) electrons. The van der Waals surface area contributed by atoms with Crippen molar-refractivity contribution >= 4 is 49.9 Å². The number of ether oxygens (including phenoxy) is 2. The molecule has 160 valence electrons. The van der Waals surface area contributed by atoms with Gasteiger partial charge < -0.3 is 19.3 Å². The van der Waals surface area contributed by atoms with Crippen LogP contribution in [0.3, 0.4) is 0 Å². The number of anilines is 2. The van der Waals surface area contributed by atoms with Gasteiger partial charge in [0.1, 0.15) is 0 Å². The van der Waals surface area contributed by atoms with Gasteiger partial charge in [-0.15, -0.1) is 11.3 Å². The van der Waals surface area contributed by atoms with Crippen molar-refractivity contribution in [1.29, 1.82) is 0 Å². The summed E-state index contributed by atoms with van der Waals surface area (Å²) in [5.41, 5.74) is 0.896.